The van der Waals surface area contributed by atoms with Gasteiger partial charge in [-0.05, 0) is 24.3 Å². The van der Waals surface area contributed by atoms with Gasteiger partial charge in [-0.2, -0.15) is 13.2 Å². The highest BCUT2D eigenvalue weighted by molar-refractivity contribution is 5.80. The molecule has 1 aromatic carbocycles. The van der Waals surface area contributed by atoms with E-state index in [1.165, 1.54) is 22.9 Å². The molecule has 118 valence electrons. The molecule has 0 saturated heterocycles. The molecular formula is C15H10F3N3O2. The van der Waals surface area contributed by atoms with Gasteiger partial charge in [-0.15, -0.1) is 0 Å². The Bertz CT molecular complexity index is 887. The van der Waals surface area contributed by atoms with Gasteiger partial charge in [0, 0.05) is 11.8 Å². The number of hydrogen-bond acceptors (Lipinski definition) is 3. The number of carboxylic acid groups (broad SMARTS) is 1. The van der Waals surface area contributed by atoms with Crippen LogP contribution in [0.3, 0.4) is 0 Å². The quantitative estimate of drug-likeness (QED) is 0.804. The van der Waals surface area contributed by atoms with E-state index in [4.69, 9.17) is 5.11 Å². The van der Waals surface area contributed by atoms with Crippen LogP contribution in [0.15, 0.2) is 42.6 Å². The standard InChI is InChI=1S/C15H10F3N3O2/c16-15(17,18)10-4-1-3-9(7-10)13-20-11-5-2-6-19-14(11)21(13)8-12(22)23/h1-7H,8H2,(H,22,23). The summed E-state index contributed by atoms with van der Waals surface area (Å²) in [5.41, 5.74) is 0.0828. The number of benzene rings is 1. The number of imidazole rings is 1. The average Bonchev–Trinajstić information content (AvgIpc) is 2.85. The van der Waals surface area contributed by atoms with Crippen molar-refractivity contribution in [3.05, 3.63) is 48.2 Å². The van der Waals surface area contributed by atoms with E-state index < -0.39 is 24.3 Å². The molecule has 0 aliphatic rings. The minimum absolute atomic E-state index is 0.132. The van der Waals surface area contributed by atoms with Gasteiger partial charge < -0.3 is 5.11 Å². The molecule has 3 rings (SSSR count). The second-order valence-corrected chi connectivity index (χ2v) is 4.84. The smallest absolute Gasteiger partial charge is 0.416 e. The van der Waals surface area contributed by atoms with Gasteiger partial charge in [-0.25, -0.2) is 9.97 Å². The van der Waals surface area contributed by atoms with E-state index in [1.54, 1.807) is 12.1 Å². The largest absolute Gasteiger partial charge is 0.480 e. The Labute approximate surface area is 128 Å². The molecule has 1 N–H and O–H groups in total. The summed E-state index contributed by atoms with van der Waals surface area (Å²) in [5.74, 6) is -1.00. The number of rotatable bonds is 3. The van der Waals surface area contributed by atoms with Gasteiger partial charge in [0.1, 0.15) is 17.9 Å². The third-order valence-electron chi connectivity index (χ3n) is 3.25. The van der Waals surface area contributed by atoms with Crippen LogP contribution in [0.5, 0.6) is 0 Å². The lowest BCUT2D eigenvalue weighted by Crippen LogP contribution is -2.11. The monoisotopic (exact) mass is 321 g/mol. The van der Waals surface area contributed by atoms with Gasteiger partial charge in [0.2, 0.25) is 0 Å². The second kappa shape index (κ2) is 5.38. The van der Waals surface area contributed by atoms with Gasteiger partial charge in [0.05, 0.1) is 5.56 Å². The number of fused-ring (bicyclic) bond motifs is 1. The van der Waals surface area contributed by atoms with Crippen LogP contribution in [0.4, 0.5) is 13.2 Å². The molecule has 5 nitrogen and oxygen atoms in total. The first-order valence-electron chi connectivity index (χ1n) is 6.57. The Morgan fingerprint density at radius 2 is 2.00 bits per heavy atom. The number of aromatic nitrogens is 3. The number of pyridine rings is 1. The van der Waals surface area contributed by atoms with Crippen molar-refractivity contribution < 1.29 is 23.1 Å². The van der Waals surface area contributed by atoms with Gasteiger partial charge >= 0.3 is 12.1 Å². The number of carbonyl (C=O) groups is 1. The van der Waals surface area contributed by atoms with Crippen molar-refractivity contribution in [2.75, 3.05) is 0 Å². The van der Waals surface area contributed by atoms with Crippen LogP contribution in [0, 0.1) is 0 Å². The van der Waals surface area contributed by atoms with Crippen molar-refractivity contribution in [3.8, 4) is 11.4 Å². The maximum absolute atomic E-state index is 12.9. The van der Waals surface area contributed by atoms with E-state index in [1.807, 2.05) is 0 Å². The molecule has 0 aliphatic carbocycles. The molecule has 0 amide bonds. The number of carboxylic acids is 1. The SMILES string of the molecule is O=C(O)Cn1c(-c2cccc(C(F)(F)F)c2)nc2cccnc21. The lowest BCUT2D eigenvalue weighted by atomic mass is 10.1. The van der Waals surface area contributed by atoms with Crippen LogP contribution in [0.2, 0.25) is 0 Å². The van der Waals surface area contributed by atoms with Gasteiger partial charge in [0.15, 0.2) is 5.65 Å². The molecule has 0 radical (unpaired) electrons. The summed E-state index contributed by atoms with van der Waals surface area (Å²) in [6.45, 7) is -0.445. The first-order valence-corrected chi connectivity index (χ1v) is 6.57. The van der Waals surface area contributed by atoms with E-state index in [-0.39, 0.29) is 11.4 Å². The summed E-state index contributed by atoms with van der Waals surface area (Å²) in [7, 11) is 0. The molecule has 0 bridgehead atoms. The van der Waals surface area contributed by atoms with E-state index in [2.05, 4.69) is 9.97 Å². The minimum Gasteiger partial charge on any atom is -0.480 e. The molecule has 0 atom stereocenters. The Morgan fingerprint density at radius 3 is 2.70 bits per heavy atom. The van der Waals surface area contributed by atoms with Crippen molar-refractivity contribution >= 4 is 17.1 Å². The van der Waals surface area contributed by atoms with Crippen LogP contribution in [0.1, 0.15) is 5.56 Å². The highest BCUT2D eigenvalue weighted by Crippen LogP contribution is 2.32. The molecular weight excluding hydrogens is 311 g/mol. The zero-order chi connectivity index (χ0) is 16.6. The average molecular weight is 321 g/mol. The van der Waals surface area contributed by atoms with E-state index in [0.29, 0.717) is 11.2 Å². The van der Waals surface area contributed by atoms with Crippen molar-refractivity contribution in [2.24, 2.45) is 0 Å². The Balaban J connectivity index is 2.21. The predicted molar refractivity (Wildman–Crippen MR) is 75.6 cm³/mol. The van der Waals surface area contributed by atoms with Crippen molar-refractivity contribution in [1.29, 1.82) is 0 Å². The summed E-state index contributed by atoms with van der Waals surface area (Å²) in [6, 6.07) is 7.85. The van der Waals surface area contributed by atoms with Gasteiger partial charge in [0.25, 0.3) is 0 Å². The summed E-state index contributed by atoms with van der Waals surface area (Å²) in [6.07, 6.45) is -3.02. The molecule has 2 heterocycles. The predicted octanol–water partition coefficient (Wildman–Crippen LogP) is 3.20. The van der Waals surface area contributed by atoms with E-state index >= 15 is 0 Å². The lowest BCUT2D eigenvalue weighted by molar-refractivity contribution is -0.138. The molecule has 0 spiro atoms. The fourth-order valence-electron chi connectivity index (χ4n) is 2.30. The van der Waals surface area contributed by atoms with Crippen LogP contribution in [-0.2, 0) is 17.5 Å². The van der Waals surface area contributed by atoms with E-state index in [9.17, 15) is 18.0 Å². The number of aliphatic carboxylic acids is 1. The van der Waals surface area contributed by atoms with Crippen LogP contribution in [-0.4, -0.2) is 25.6 Å². The maximum Gasteiger partial charge on any atom is 0.416 e. The summed E-state index contributed by atoms with van der Waals surface area (Å²) < 4.78 is 39.9. The zero-order valence-corrected chi connectivity index (χ0v) is 11.6. The summed E-state index contributed by atoms with van der Waals surface area (Å²) in [4.78, 5) is 19.4. The highest BCUT2D eigenvalue weighted by Gasteiger charge is 2.31. The third-order valence-corrected chi connectivity index (χ3v) is 3.25. The molecule has 2 aromatic heterocycles. The first-order chi connectivity index (χ1) is 10.9. The molecule has 0 fully saturated rings. The van der Waals surface area contributed by atoms with Gasteiger partial charge in [-0.1, -0.05) is 12.1 Å². The topological polar surface area (TPSA) is 68.0 Å². The first kappa shape index (κ1) is 15.0. The normalized spacial score (nSPS) is 11.8. The van der Waals surface area contributed by atoms with Gasteiger partial charge in [-0.3, -0.25) is 9.36 Å². The van der Waals surface area contributed by atoms with Crippen molar-refractivity contribution in [2.45, 2.75) is 12.7 Å². The summed E-state index contributed by atoms with van der Waals surface area (Å²) in [5, 5.41) is 9.04. The molecule has 0 unspecified atom stereocenters. The molecule has 23 heavy (non-hydrogen) atoms. The molecule has 0 saturated carbocycles. The zero-order valence-electron chi connectivity index (χ0n) is 11.6. The maximum atomic E-state index is 12.9. The fourth-order valence-corrected chi connectivity index (χ4v) is 2.30. The van der Waals surface area contributed by atoms with Crippen molar-refractivity contribution in [1.82, 2.24) is 14.5 Å². The highest BCUT2D eigenvalue weighted by atomic mass is 19.4. The fraction of sp³-hybridized carbons (Fsp3) is 0.133. The summed E-state index contributed by atoms with van der Waals surface area (Å²) >= 11 is 0. The Hall–Kier alpha value is -2.90. The number of alkyl halides is 3. The minimum atomic E-state index is -4.49. The molecule has 0 aliphatic heterocycles. The van der Waals surface area contributed by atoms with Crippen LogP contribution < -0.4 is 0 Å². The number of hydrogen-bond donors (Lipinski definition) is 1. The van der Waals surface area contributed by atoms with E-state index in [0.717, 1.165) is 12.1 Å². The molecule has 8 heteroatoms. The Morgan fingerprint density at radius 1 is 1.22 bits per heavy atom. The third kappa shape index (κ3) is 2.87. The lowest BCUT2D eigenvalue weighted by Gasteiger charge is -2.09. The number of halogens is 3. The van der Waals surface area contributed by atoms with Crippen molar-refractivity contribution in [3.63, 3.8) is 0 Å². The van der Waals surface area contributed by atoms with Crippen LogP contribution >= 0.6 is 0 Å². The Kier molecular flexibility index (Phi) is 3.51. The van der Waals surface area contributed by atoms with Crippen LogP contribution in [0.25, 0.3) is 22.6 Å². The second-order valence-electron chi connectivity index (χ2n) is 4.84. The number of nitrogens with zero attached hydrogens (tertiary/aromatic N) is 3. The molecule has 3 aromatic rings.